The minimum atomic E-state index is -4.64. The number of unbranched alkanes of at least 4 members (excludes halogenated alkanes) is 26. The number of aryl methyl sites for hydroxylation is 1. The Hall–Kier alpha value is -5.21. The second kappa shape index (κ2) is 38.9. The second-order valence-electron chi connectivity index (χ2n) is 24.1. The van der Waals surface area contributed by atoms with E-state index in [1.807, 2.05) is 84.9 Å². The minimum absolute atomic E-state index is 0.0317. The summed E-state index contributed by atoms with van der Waals surface area (Å²) in [5, 5.41) is 3.54. The zero-order valence-electron chi connectivity index (χ0n) is 52.7. The van der Waals surface area contributed by atoms with Gasteiger partial charge in [-0.2, -0.15) is 0 Å². The average Bonchev–Trinajstić information content (AvgIpc) is 3.15. The number of aromatic nitrogens is 4. The Balaban J connectivity index is 1.34. The molecule has 0 saturated carbocycles. The lowest BCUT2D eigenvalue weighted by Crippen LogP contribution is -2.50. The number of fused-ring (bicyclic) bond motifs is 2. The van der Waals surface area contributed by atoms with E-state index in [0.717, 1.165) is 71.2 Å². The SMILES string of the molecule is CCCCCCCCCCCCCCCCOCCCn1c(=O)c(C(CCCOCCCCCCCCCCCCCCCC)(c2cccc3ccccc23)c2cccc3ccccc23)c(-n2cc(C)c(=O)[nH]c2=O)n(CCOCP(=O)(O)O)c1=O. The molecule has 2 heterocycles. The van der Waals surface area contributed by atoms with Crippen molar-refractivity contribution >= 4 is 29.1 Å². The number of nitrogens with zero attached hydrogens (tertiary/aromatic N) is 3. The van der Waals surface area contributed by atoms with Gasteiger partial charge in [0.05, 0.1) is 24.1 Å². The molecule has 0 unspecified atom stereocenters. The molecule has 0 amide bonds. The highest BCUT2D eigenvalue weighted by Gasteiger charge is 2.45. The Morgan fingerprint density at radius 2 is 0.895 bits per heavy atom. The van der Waals surface area contributed by atoms with E-state index in [4.69, 9.17) is 14.2 Å². The first-order valence-corrected chi connectivity index (χ1v) is 35.2. The van der Waals surface area contributed by atoms with Gasteiger partial charge in [-0.15, -0.1) is 0 Å². The molecular weight excluding hydrogens is 1100 g/mol. The smallest absolute Gasteiger partial charge is 0.350 e. The van der Waals surface area contributed by atoms with Crippen LogP contribution in [-0.4, -0.2) is 67.9 Å². The Morgan fingerprint density at radius 3 is 1.36 bits per heavy atom. The molecule has 0 aliphatic carbocycles. The van der Waals surface area contributed by atoms with Crippen molar-refractivity contribution in [2.75, 3.05) is 39.4 Å². The van der Waals surface area contributed by atoms with Crippen LogP contribution in [0.3, 0.4) is 0 Å². The molecule has 4 aromatic carbocycles. The summed E-state index contributed by atoms with van der Waals surface area (Å²) in [6.45, 7) is 7.16. The van der Waals surface area contributed by atoms with Gasteiger partial charge in [0.15, 0.2) is 0 Å². The van der Waals surface area contributed by atoms with Crippen LogP contribution in [0.1, 0.15) is 235 Å². The van der Waals surface area contributed by atoms with Crippen LogP contribution < -0.4 is 22.5 Å². The van der Waals surface area contributed by atoms with E-state index in [2.05, 4.69) is 18.8 Å². The molecular formula is C71H105N4O10P. The fourth-order valence-electron chi connectivity index (χ4n) is 12.5. The Bertz CT molecular complexity index is 3120. The first-order chi connectivity index (χ1) is 41.9. The van der Waals surface area contributed by atoms with Crippen LogP contribution in [0.15, 0.2) is 110 Å². The summed E-state index contributed by atoms with van der Waals surface area (Å²) < 4.78 is 34.1. The predicted molar refractivity (Wildman–Crippen MR) is 353 cm³/mol. The van der Waals surface area contributed by atoms with Crippen molar-refractivity contribution in [3.05, 3.63) is 155 Å². The van der Waals surface area contributed by atoms with Gasteiger partial charge in [-0.1, -0.05) is 266 Å². The maximum absolute atomic E-state index is 16.5. The van der Waals surface area contributed by atoms with Crippen LogP contribution in [0.2, 0.25) is 0 Å². The quantitative estimate of drug-likeness (QED) is 0.0245. The van der Waals surface area contributed by atoms with Crippen molar-refractivity contribution in [2.24, 2.45) is 0 Å². The van der Waals surface area contributed by atoms with Gasteiger partial charge >= 0.3 is 19.0 Å². The number of rotatable bonds is 47. The molecule has 0 radical (unpaired) electrons. The van der Waals surface area contributed by atoms with Crippen LogP contribution in [-0.2, 0) is 37.3 Å². The highest BCUT2D eigenvalue weighted by atomic mass is 31.2. The lowest BCUT2D eigenvalue weighted by molar-refractivity contribution is 0.122. The van der Waals surface area contributed by atoms with Crippen LogP contribution in [0.25, 0.3) is 27.4 Å². The zero-order chi connectivity index (χ0) is 61.2. The van der Waals surface area contributed by atoms with Crippen molar-refractivity contribution < 1.29 is 28.6 Å². The molecule has 0 fully saturated rings. The molecule has 0 atom stereocenters. The molecule has 0 aliphatic rings. The van der Waals surface area contributed by atoms with Gasteiger partial charge in [-0.3, -0.25) is 32.8 Å². The lowest BCUT2D eigenvalue weighted by atomic mass is 9.64. The number of nitrogens with one attached hydrogen (secondary N) is 1. The first-order valence-electron chi connectivity index (χ1n) is 33.4. The number of ether oxygens (including phenoxy) is 3. The van der Waals surface area contributed by atoms with E-state index in [-0.39, 0.29) is 43.1 Å². The molecule has 6 aromatic rings. The van der Waals surface area contributed by atoms with Gasteiger partial charge in [0, 0.05) is 44.7 Å². The molecule has 86 heavy (non-hydrogen) atoms. The third-order valence-corrected chi connectivity index (χ3v) is 17.7. The third-order valence-electron chi connectivity index (χ3n) is 17.2. The monoisotopic (exact) mass is 1200 g/mol. The molecule has 14 nitrogen and oxygen atoms in total. The largest absolute Gasteiger partial charge is 0.381 e. The summed E-state index contributed by atoms with van der Waals surface area (Å²) in [5.74, 6) is -0.0846. The van der Waals surface area contributed by atoms with Gasteiger partial charge in [0.25, 0.3) is 11.1 Å². The van der Waals surface area contributed by atoms with Gasteiger partial charge in [-0.05, 0) is 71.7 Å². The Morgan fingerprint density at radius 1 is 0.477 bits per heavy atom. The highest BCUT2D eigenvalue weighted by molar-refractivity contribution is 7.51. The lowest BCUT2D eigenvalue weighted by Gasteiger charge is -2.39. The fraction of sp³-hybridized carbons (Fsp3) is 0.606. The van der Waals surface area contributed by atoms with E-state index in [0.29, 0.717) is 39.3 Å². The van der Waals surface area contributed by atoms with Gasteiger partial charge in [0.1, 0.15) is 12.2 Å². The summed E-state index contributed by atoms with van der Waals surface area (Å²) in [7, 11) is -4.64. The normalized spacial score (nSPS) is 12.1. The van der Waals surface area contributed by atoms with Crippen LogP contribution >= 0.6 is 7.60 Å². The maximum atomic E-state index is 16.5. The van der Waals surface area contributed by atoms with Crippen molar-refractivity contribution in [2.45, 2.75) is 238 Å². The average molecular weight is 1210 g/mol. The Labute approximate surface area is 512 Å². The molecule has 474 valence electrons. The Kier molecular flexibility index (Phi) is 31.6. The summed E-state index contributed by atoms with van der Waals surface area (Å²) in [5.41, 5.74) is -2.52. The minimum Gasteiger partial charge on any atom is -0.381 e. The van der Waals surface area contributed by atoms with E-state index in [1.54, 1.807) is 6.92 Å². The van der Waals surface area contributed by atoms with Crippen molar-refractivity contribution in [1.29, 1.82) is 0 Å². The van der Waals surface area contributed by atoms with Gasteiger partial charge in [0.2, 0.25) is 0 Å². The zero-order valence-corrected chi connectivity index (χ0v) is 53.6. The summed E-state index contributed by atoms with van der Waals surface area (Å²) in [4.78, 5) is 81.9. The molecule has 0 saturated heterocycles. The first kappa shape index (κ1) is 69.9. The molecule has 0 bridgehead atoms. The van der Waals surface area contributed by atoms with Gasteiger partial charge < -0.3 is 24.0 Å². The maximum Gasteiger partial charge on any atom is 0.350 e. The van der Waals surface area contributed by atoms with E-state index >= 15 is 9.59 Å². The van der Waals surface area contributed by atoms with Gasteiger partial charge in [-0.25, -0.2) is 9.59 Å². The standard InChI is InChI=1S/C71H105N4O10P/c1-4-6-8-10-12-14-16-18-20-22-24-26-28-34-51-83-53-38-48-71(63-46-36-42-59-40-30-32-44-61(59)63,64-47-37-43-60-41-31-33-45-62(60)64)65-67(75-56-58(3)66(76)72-69(75)78)73(50-55-85-57-86(80,81)82)70(79)74(68(65)77)49-39-54-84-52-35-29-27-25-23-21-19-17-15-13-11-9-7-5-2/h30-33,36-37,40-47,56H,4-29,34-35,38-39,48-55,57H2,1-3H3,(H,72,76,78)(H2,80,81,82). The number of benzene rings is 4. The summed E-state index contributed by atoms with van der Waals surface area (Å²) in [6, 6.07) is 28.0. The van der Waals surface area contributed by atoms with Crippen LogP contribution in [0, 0.1) is 6.92 Å². The third kappa shape index (κ3) is 21.8. The summed E-state index contributed by atoms with van der Waals surface area (Å²) in [6.07, 6.45) is 36.8. The number of H-pyrrole nitrogens is 1. The molecule has 0 aliphatic heterocycles. The molecule has 0 spiro atoms. The molecule has 15 heteroatoms. The van der Waals surface area contributed by atoms with Crippen molar-refractivity contribution in [1.82, 2.24) is 18.7 Å². The van der Waals surface area contributed by atoms with E-state index < -0.39 is 41.9 Å². The number of aromatic amines is 1. The van der Waals surface area contributed by atoms with Crippen molar-refractivity contribution in [3.63, 3.8) is 0 Å². The topological polar surface area (TPSA) is 184 Å². The van der Waals surface area contributed by atoms with Crippen LogP contribution in [0.4, 0.5) is 0 Å². The summed E-state index contributed by atoms with van der Waals surface area (Å²) >= 11 is 0. The fourth-order valence-corrected chi connectivity index (χ4v) is 12.9. The highest BCUT2D eigenvalue weighted by Crippen LogP contribution is 2.48. The van der Waals surface area contributed by atoms with E-state index in [1.165, 1.54) is 161 Å². The number of hydrogen-bond donors (Lipinski definition) is 3. The predicted octanol–water partition coefficient (Wildman–Crippen LogP) is 16.1. The van der Waals surface area contributed by atoms with Crippen molar-refractivity contribution in [3.8, 4) is 5.82 Å². The molecule has 6 rings (SSSR count). The molecule has 2 aromatic heterocycles. The van der Waals surface area contributed by atoms with Crippen LogP contribution in [0.5, 0.6) is 0 Å². The molecule has 3 N–H and O–H groups in total. The van der Waals surface area contributed by atoms with E-state index in [9.17, 15) is 23.9 Å². The number of hydrogen-bond acceptors (Lipinski definition) is 8. The second-order valence-corrected chi connectivity index (χ2v) is 25.7.